The van der Waals surface area contributed by atoms with Gasteiger partial charge in [0.15, 0.2) is 0 Å². The summed E-state index contributed by atoms with van der Waals surface area (Å²) in [7, 11) is 0. The molecule has 0 aliphatic heterocycles. The minimum absolute atomic E-state index is 0.0641. The van der Waals surface area contributed by atoms with Crippen molar-refractivity contribution in [1.82, 2.24) is 5.43 Å². The van der Waals surface area contributed by atoms with Crippen molar-refractivity contribution in [3.63, 3.8) is 0 Å². The van der Waals surface area contributed by atoms with E-state index in [1.165, 1.54) is 0 Å². The van der Waals surface area contributed by atoms with Gasteiger partial charge in [0.25, 0.3) is 0 Å². The van der Waals surface area contributed by atoms with E-state index in [1.807, 2.05) is 24.3 Å². The first-order valence-electron chi connectivity index (χ1n) is 5.20. The lowest BCUT2D eigenvalue weighted by atomic mass is 10.1. The molecule has 0 aliphatic carbocycles. The Labute approximate surface area is 111 Å². The Hall–Kier alpha value is -1.26. The Morgan fingerprint density at radius 3 is 2.53 bits per heavy atom. The third-order valence-electron chi connectivity index (χ3n) is 2.06. The lowest BCUT2D eigenvalue weighted by molar-refractivity contribution is 0.945. The monoisotopic (exact) mass is 272 g/mol. The van der Waals surface area contributed by atoms with Gasteiger partial charge in [0.2, 0.25) is 5.96 Å². The van der Waals surface area contributed by atoms with E-state index in [2.05, 4.69) is 22.0 Å². The van der Waals surface area contributed by atoms with Crippen molar-refractivity contribution in [2.45, 2.75) is 19.8 Å². The zero-order valence-electron chi connectivity index (χ0n) is 9.45. The van der Waals surface area contributed by atoms with Crippen LogP contribution in [0.2, 0.25) is 5.02 Å². The van der Waals surface area contributed by atoms with E-state index in [-0.39, 0.29) is 5.96 Å². The van der Waals surface area contributed by atoms with Gasteiger partial charge in [-0.3, -0.25) is 0 Å². The molecule has 0 fully saturated rings. The van der Waals surface area contributed by atoms with Crippen molar-refractivity contribution in [3.8, 4) is 0 Å². The third kappa shape index (κ3) is 4.63. The number of nitrogens with zero attached hydrogens (tertiary/aromatic N) is 2. The number of hydrogen-bond acceptors (Lipinski definition) is 2. The summed E-state index contributed by atoms with van der Waals surface area (Å²) in [6.45, 7) is 2.07. The summed E-state index contributed by atoms with van der Waals surface area (Å²) in [5, 5.41) is 4.86. The molecule has 0 aromatic heterocycles. The fourth-order valence-electron chi connectivity index (χ4n) is 1.29. The SMILES string of the molecule is CCCC(=NN/C(N)=N/Cl)c1ccc(Cl)cc1. The molecular formula is C11H14Cl2N4. The van der Waals surface area contributed by atoms with Gasteiger partial charge in [-0.25, -0.2) is 5.43 Å². The summed E-state index contributed by atoms with van der Waals surface area (Å²) in [5.41, 5.74) is 9.85. The zero-order chi connectivity index (χ0) is 12.7. The molecule has 4 nitrogen and oxygen atoms in total. The number of guanidine groups is 1. The second-order valence-electron chi connectivity index (χ2n) is 3.40. The number of halogens is 2. The molecule has 1 aromatic carbocycles. The molecule has 0 radical (unpaired) electrons. The third-order valence-corrected chi connectivity index (χ3v) is 2.49. The van der Waals surface area contributed by atoms with Crippen LogP contribution >= 0.6 is 23.4 Å². The van der Waals surface area contributed by atoms with Crippen LogP contribution in [0.5, 0.6) is 0 Å². The molecule has 0 unspecified atom stereocenters. The average molecular weight is 273 g/mol. The Balaban J connectivity index is 2.88. The van der Waals surface area contributed by atoms with Crippen LogP contribution in [0.25, 0.3) is 0 Å². The topological polar surface area (TPSA) is 62.8 Å². The summed E-state index contributed by atoms with van der Waals surface area (Å²) in [4.78, 5) is 0. The van der Waals surface area contributed by atoms with E-state index < -0.39 is 0 Å². The summed E-state index contributed by atoms with van der Waals surface area (Å²) >= 11 is 11.0. The molecule has 0 saturated heterocycles. The molecule has 1 rings (SSSR count). The number of rotatable bonds is 4. The van der Waals surface area contributed by atoms with Gasteiger partial charge < -0.3 is 5.73 Å². The predicted octanol–water partition coefficient (Wildman–Crippen LogP) is 2.90. The number of benzene rings is 1. The van der Waals surface area contributed by atoms with Crippen LogP contribution in [0.3, 0.4) is 0 Å². The van der Waals surface area contributed by atoms with E-state index >= 15 is 0 Å². The fourth-order valence-corrected chi connectivity index (χ4v) is 1.45. The van der Waals surface area contributed by atoms with Gasteiger partial charge in [-0.1, -0.05) is 37.1 Å². The van der Waals surface area contributed by atoms with Crippen LogP contribution in [0.15, 0.2) is 33.9 Å². The second kappa shape index (κ2) is 7.14. The molecule has 0 atom stereocenters. The number of nitrogens with two attached hydrogens (primary N) is 1. The van der Waals surface area contributed by atoms with Gasteiger partial charge in [0.05, 0.1) is 5.71 Å². The van der Waals surface area contributed by atoms with Crippen LogP contribution in [-0.2, 0) is 0 Å². The van der Waals surface area contributed by atoms with E-state index in [4.69, 9.17) is 29.1 Å². The summed E-state index contributed by atoms with van der Waals surface area (Å²) in [5.74, 6) is 0.0641. The van der Waals surface area contributed by atoms with Crippen LogP contribution in [0, 0.1) is 0 Å². The summed E-state index contributed by atoms with van der Waals surface area (Å²) in [6, 6.07) is 7.46. The highest BCUT2D eigenvalue weighted by Crippen LogP contribution is 2.12. The van der Waals surface area contributed by atoms with E-state index in [1.54, 1.807) is 0 Å². The van der Waals surface area contributed by atoms with Crippen molar-refractivity contribution in [2.24, 2.45) is 15.3 Å². The quantitative estimate of drug-likeness (QED) is 0.503. The minimum atomic E-state index is 0.0641. The molecule has 0 saturated carbocycles. The molecule has 0 aliphatic rings. The van der Waals surface area contributed by atoms with Gasteiger partial charge >= 0.3 is 0 Å². The molecular weight excluding hydrogens is 259 g/mol. The van der Waals surface area contributed by atoms with Crippen molar-refractivity contribution in [1.29, 1.82) is 0 Å². The lowest BCUT2D eigenvalue weighted by Gasteiger charge is -2.06. The van der Waals surface area contributed by atoms with Gasteiger partial charge in [-0.15, -0.1) is 4.51 Å². The molecule has 6 heteroatoms. The van der Waals surface area contributed by atoms with Crippen molar-refractivity contribution < 1.29 is 0 Å². The van der Waals surface area contributed by atoms with Gasteiger partial charge in [-0.05, 0) is 24.1 Å². The van der Waals surface area contributed by atoms with E-state index in [0.29, 0.717) is 5.02 Å². The van der Waals surface area contributed by atoms with Crippen LogP contribution in [0.4, 0.5) is 0 Å². The molecule has 3 N–H and O–H groups in total. The van der Waals surface area contributed by atoms with Gasteiger partial charge in [0.1, 0.15) is 0 Å². The normalized spacial score (nSPS) is 12.6. The Kier molecular flexibility index (Phi) is 5.80. The Morgan fingerprint density at radius 2 is 2.00 bits per heavy atom. The summed E-state index contributed by atoms with van der Waals surface area (Å²) < 4.78 is 3.26. The summed E-state index contributed by atoms with van der Waals surface area (Å²) in [6.07, 6.45) is 1.80. The first-order chi connectivity index (χ1) is 8.17. The van der Waals surface area contributed by atoms with Gasteiger partial charge in [0, 0.05) is 16.8 Å². The van der Waals surface area contributed by atoms with Gasteiger partial charge in [-0.2, -0.15) is 5.10 Å². The number of hydrazone groups is 1. The Bertz CT molecular complexity index is 412. The van der Waals surface area contributed by atoms with Crippen molar-refractivity contribution in [3.05, 3.63) is 34.9 Å². The molecule has 0 heterocycles. The number of hydrogen-bond donors (Lipinski definition) is 2. The first-order valence-corrected chi connectivity index (χ1v) is 5.92. The molecule has 0 amide bonds. The molecule has 0 bridgehead atoms. The standard InChI is InChI=1S/C11H14Cl2N4/c1-2-3-10(16-17-11(14)15-13)8-4-6-9(12)7-5-8/h4-7H,2-3H2,1H3,(H3,14,15,17). The van der Waals surface area contributed by atoms with Crippen LogP contribution in [0.1, 0.15) is 25.3 Å². The van der Waals surface area contributed by atoms with E-state index in [9.17, 15) is 0 Å². The lowest BCUT2D eigenvalue weighted by Crippen LogP contribution is -2.27. The maximum Gasteiger partial charge on any atom is 0.226 e. The zero-order valence-corrected chi connectivity index (χ0v) is 11.0. The van der Waals surface area contributed by atoms with Crippen LogP contribution in [-0.4, -0.2) is 11.7 Å². The fraction of sp³-hybridized carbons (Fsp3) is 0.273. The molecule has 1 aromatic rings. The maximum atomic E-state index is 5.83. The second-order valence-corrected chi connectivity index (χ2v) is 4.00. The van der Waals surface area contributed by atoms with Crippen LogP contribution < -0.4 is 11.2 Å². The van der Waals surface area contributed by atoms with Crippen molar-refractivity contribution in [2.75, 3.05) is 0 Å². The first kappa shape index (κ1) is 13.8. The largest absolute Gasteiger partial charge is 0.367 e. The molecule has 0 spiro atoms. The van der Waals surface area contributed by atoms with Crippen molar-refractivity contribution >= 4 is 35.0 Å². The highest BCUT2D eigenvalue weighted by atomic mass is 35.5. The minimum Gasteiger partial charge on any atom is -0.367 e. The average Bonchev–Trinajstić information content (AvgIpc) is 2.35. The Morgan fingerprint density at radius 1 is 1.35 bits per heavy atom. The molecule has 92 valence electrons. The van der Waals surface area contributed by atoms with E-state index in [0.717, 1.165) is 24.1 Å². The highest BCUT2D eigenvalue weighted by Gasteiger charge is 2.03. The number of nitrogens with one attached hydrogen (secondary N) is 1. The smallest absolute Gasteiger partial charge is 0.226 e. The maximum absolute atomic E-state index is 5.83. The highest BCUT2D eigenvalue weighted by molar-refractivity contribution is 6.30. The predicted molar refractivity (Wildman–Crippen MR) is 73.5 cm³/mol. The molecule has 17 heavy (non-hydrogen) atoms.